The van der Waals surface area contributed by atoms with Crippen LogP contribution < -0.4 is 16.0 Å². The number of carbonyl (C=O) groups excluding carboxylic acids is 1. The number of carboxylic acids is 1. The number of carboxylic acid groups (broad SMARTS) is 1. The Labute approximate surface area is 116 Å². The van der Waals surface area contributed by atoms with Crippen LogP contribution in [0, 0.1) is 0 Å². The SMILES string of the molecule is CN(C)c1ccc(NC(=O)C(N)CC(=O)O)cc1Cl. The third-order valence-corrected chi connectivity index (χ3v) is 2.73. The zero-order valence-electron chi connectivity index (χ0n) is 10.7. The first-order chi connectivity index (χ1) is 8.81. The molecule has 104 valence electrons. The van der Waals surface area contributed by atoms with Gasteiger partial charge in [-0.2, -0.15) is 0 Å². The van der Waals surface area contributed by atoms with E-state index in [2.05, 4.69) is 5.32 Å². The molecule has 0 aliphatic rings. The second-order valence-electron chi connectivity index (χ2n) is 4.25. The number of carbonyl (C=O) groups is 2. The molecule has 0 saturated carbocycles. The summed E-state index contributed by atoms with van der Waals surface area (Å²) in [4.78, 5) is 23.9. The number of amides is 1. The summed E-state index contributed by atoms with van der Waals surface area (Å²) in [6.07, 6.45) is -0.421. The van der Waals surface area contributed by atoms with Crippen LogP contribution in [-0.2, 0) is 9.59 Å². The van der Waals surface area contributed by atoms with Crippen molar-refractivity contribution >= 4 is 34.9 Å². The number of hydrogen-bond donors (Lipinski definition) is 3. The second kappa shape index (κ2) is 6.40. The predicted molar refractivity (Wildman–Crippen MR) is 74.6 cm³/mol. The number of rotatable bonds is 5. The fourth-order valence-corrected chi connectivity index (χ4v) is 1.81. The smallest absolute Gasteiger partial charge is 0.305 e. The van der Waals surface area contributed by atoms with Gasteiger partial charge in [-0.15, -0.1) is 0 Å². The monoisotopic (exact) mass is 285 g/mol. The minimum Gasteiger partial charge on any atom is -0.481 e. The topological polar surface area (TPSA) is 95.7 Å². The Morgan fingerprint density at radius 3 is 2.58 bits per heavy atom. The van der Waals surface area contributed by atoms with Gasteiger partial charge in [0.25, 0.3) is 0 Å². The van der Waals surface area contributed by atoms with Crippen LogP contribution in [0.5, 0.6) is 0 Å². The van der Waals surface area contributed by atoms with E-state index in [4.69, 9.17) is 22.4 Å². The van der Waals surface area contributed by atoms with Gasteiger partial charge in [0.2, 0.25) is 5.91 Å². The van der Waals surface area contributed by atoms with Crippen molar-refractivity contribution in [2.45, 2.75) is 12.5 Å². The molecule has 7 heteroatoms. The molecule has 19 heavy (non-hydrogen) atoms. The molecule has 0 aliphatic heterocycles. The molecule has 0 heterocycles. The minimum atomic E-state index is -1.12. The first-order valence-electron chi connectivity index (χ1n) is 5.56. The summed E-state index contributed by atoms with van der Waals surface area (Å²) in [5.41, 5.74) is 6.74. The molecule has 4 N–H and O–H groups in total. The maximum Gasteiger partial charge on any atom is 0.305 e. The third-order valence-electron chi connectivity index (χ3n) is 2.43. The highest BCUT2D eigenvalue weighted by Gasteiger charge is 2.17. The predicted octanol–water partition coefficient (Wildman–Crippen LogP) is 1.15. The zero-order valence-corrected chi connectivity index (χ0v) is 11.4. The van der Waals surface area contributed by atoms with E-state index in [1.54, 1.807) is 18.2 Å². The summed E-state index contributed by atoms with van der Waals surface area (Å²) in [6, 6.07) is 3.92. The van der Waals surface area contributed by atoms with E-state index in [1.807, 2.05) is 19.0 Å². The largest absolute Gasteiger partial charge is 0.481 e. The molecule has 6 nitrogen and oxygen atoms in total. The van der Waals surface area contributed by atoms with Gasteiger partial charge < -0.3 is 21.1 Å². The van der Waals surface area contributed by atoms with Gasteiger partial charge in [-0.25, -0.2) is 0 Å². The van der Waals surface area contributed by atoms with Gasteiger partial charge in [-0.3, -0.25) is 9.59 Å². The molecule has 1 atom stereocenters. The van der Waals surface area contributed by atoms with E-state index >= 15 is 0 Å². The first-order valence-corrected chi connectivity index (χ1v) is 5.94. The van der Waals surface area contributed by atoms with Crippen LogP contribution in [0.4, 0.5) is 11.4 Å². The lowest BCUT2D eigenvalue weighted by molar-refractivity contribution is -0.138. The van der Waals surface area contributed by atoms with Crippen molar-refractivity contribution in [1.29, 1.82) is 0 Å². The number of anilines is 2. The highest BCUT2D eigenvalue weighted by atomic mass is 35.5. The van der Waals surface area contributed by atoms with E-state index in [9.17, 15) is 9.59 Å². The van der Waals surface area contributed by atoms with Crippen molar-refractivity contribution in [3.05, 3.63) is 23.2 Å². The molecule has 0 fully saturated rings. The van der Waals surface area contributed by atoms with Gasteiger partial charge >= 0.3 is 5.97 Å². The molecule has 0 radical (unpaired) electrons. The number of nitrogens with zero attached hydrogens (tertiary/aromatic N) is 1. The van der Waals surface area contributed by atoms with E-state index in [0.29, 0.717) is 10.7 Å². The molecule has 1 unspecified atom stereocenters. The second-order valence-corrected chi connectivity index (χ2v) is 4.66. The van der Waals surface area contributed by atoms with Crippen LogP contribution in [0.15, 0.2) is 18.2 Å². The lowest BCUT2D eigenvalue weighted by Crippen LogP contribution is -2.37. The summed E-state index contributed by atoms with van der Waals surface area (Å²) in [5, 5.41) is 11.6. The van der Waals surface area contributed by atoms with Crippen molar-refractivity contribution in [3.63, 3.8) is 0 Å². The lowest BCUT2D eigenvalue weighted by atomic mass is 10.2. The molecule has 1 aromatic carbocycles. The highest BCUT2D eigenvalue weighted by Crippen LogP contribution is 2.27. The Hall–Kier alpha value is -1.79. The average molecular weight is 286 g/mol. The van der Waals surface area contributed by atoms with E-state index in [-0.39, 0.29) is 0 Å². The summed E-state index contributed by atoms with van der Waals surface area (Å²) >= 11 is 6.05. The highest BCUT2D eigenvalue weighted by molar-refractivity contribution is 6.33. The van der Waals surface area contributed by atoms with Crippen LogP contribution >= 0.6 is 11.6 Å². The number of nitrogens with two attached hydrogens (primary N) is 1. The summed E-state index contributed by atoms with van der Waals surface area (Å²) in [6.45, 7) is 0. The Morgan fingerprint density at radius 2 is 2.11 bits per heavy atom. The van der Waals surface area contributed by atoms with Gasteiger partial charge in [-0.05, 0) is 18.2 Å². The van der Waals surface area contributed by atoms with Crippen LogP contribution in [-0.4, -0.2) is 37.1 Å². The molecule has 0 aliphatic carbocycles. The average Bonchev–Trinajstić information content (AvgIpc) is 2.27. The van der Waals surface area contributed by atoms with E-state index in [1.165, 1.54) is 0 Å². The summed E-state index contributed by atoms with van der Waals surface area (Å²) < 4.78 is 0. The number of nitrogens with one attached hydrogen (secondary N) is 1. The lowest BCUT2D eigenvalue weighted by Gasteiger charge is -2.16. The van der Waals surface area contributed by atoms with Gasteiger partial charge in [0.05, 0.1) is 23.2 Å². The zero-order chi connectivity index (χ0) is 14.6. The third kappa shape index (κ3) is 4.42. The van der Waals surface area contributed by atoms with Crippen LogP contribution in [0.2, 0.25) is 5.02 Å². The molecule has 0 bridgehead atoms. The first kappa shape index (κ1) is 15.3. The van der Waals surface area contributed by atoms with Gasteiger partial charge in [0.1, 0.15) is 0 Å². The Kier molecular flexibility index (Phi) is 5.14. The molecule has 1 rings (SSSR count). The fourth-order valence-electron chi connectivity index (χ4n) is 1.46. The molecule has 1 aromatic rings. The maximum absolute atomic E-state index is 11.6. The molecular formula is C12H16ClN3O3. The summed E-state index contributed by atoms with van der Waals surface area (Å²) in [7, 11) is 3.70. The summed E-state index contributed by atoms with van der Waals surface area (Å²) in [5.74, 6) is -1.68. The Morgan fingerprint density at radius 1 is 1.47 bits per heavy atom. The van der Waals surface area contributed by atoms with Crippen LogP contribution in [0.25, 0.3) is 0 Å². The number of aliphatic carboxylic acids is 1. The number of halogens is 1. The van der Waals surface area contributed by atoms with Crippen molar-refractivity contribution in [1.82, 2.24) is 0 Å². The fraction of sp³-hybridized carbons (Fsp3) is 0.333. The van der Waals surface area contributed by atoms with Gasteiger partial charge in [0, 0.05) is 19.8 Å². The van der Waals surface area contributed by atoms with Gasteiger partial charge in [-0.1, -0.05) is 11.6 Å². The molecule has 0 aromatic heterocycles. The van der Waals surface area contributed by atoms with Gasteiger partial charge in [0.15, 0.2) is 0 Å². The van der Waals surface area contributed by atoms with Crippen molar-refractivity contribution in [2.24, 2.45) is 5.73 Å². The molecule has 1 amide bonds. The van der Waals surface area contributed by atoms with Crippen LogP contribution in [0.3, 0.4) is 0 Å². The van der Waals surface area contributed by atoms with Crippen molar-refractivity contribution < 1.29 is 14.7 Å². The number of hydrogen-bond acceptors (Lipinski definition) is 4. The quantitative estimate of drug-likeness (QED) is 0.754. The van der Waals surface area contributed by atoms with Crippen molar-refractivity contribution in [2.75, 3.05) is 24.3 Å². The normalized spacial score (nSPS) is 11.8. The Balaban J connectivity index is 2.75. The number of benzene rings is 1. The molecule has 0 saturated heterocycles. The molecular weight excluding hydrogens is 270 g/mol. The van der Waals surface area contributed by atoms with Crippen molar-refractivity contribution in [3.8, 4) is 0 Å². The van der Waals surface area contributed by atoms with Crippen LogP contribution in [0.1, 0.15) is 6.42 Å². The van der Waals surface area contributed by atoms with E-state index in [0.717, 1.165) is 5.69 Å². The minimum absolute atomic E-state index is 0.421. The Bertz CT molecular complexity index is 491. The standard InChI is InChI=1S/C12H16ClN3O3/c1-16(2)10-4-3-7(5-8(10)13)15-12(19)9(14)6-11(17)18/h3-5,9H,6,14H2,1-2H3,(H,15,19)(H,17,18). The molecule has 0 spiro atoms. The maximum atomic E-state index is 11.6. The van der Waals surface area contributed by atoms with E-state index < -0.39 is 24.3 Å².